The highest BCUT2D eigenvalue weighted by molar-refractivity contribution is 5.83. The fraction of sp³-hybridized carbons (Fsp3) is 0. The average molecular weight is 100 g/mol. The summed E-state index contributed by atoms with van der Waals surface area (Å²) in [5.74, 6) is -1.01. The molecule has 0 heterocycles. The first-order valence-electron chi connectivity index (χ1n) is 1.64. The lowest BCUT2D eigenvalue weighted by atomic mass is 10.6. The van der Waals surface area contributed by atoms with Crippen molar-refractivity contribution in [3.63, 3.8) is 0 Å². The maximum atomic E-state index is 11.3. The Hall–Kier alpha value is -0.990. The van der Waals surface area contributed by atoms with Crippen molar-refractivity contribution in [2.45, 2.75) is 0 Å². The zero-order valence-corrected chi connectivity index (χ0v) is 3.69. The van der Waals surface area contributed by atoms with Gasteiger partial charge in [0.25, 0.3) is 0 Å². The molecule has 0 aliphatic carbocycles. The van der Waals surface area contributed by atoms with Gasteiger partial charge in [-0.15, -0.1) is 0 Å². The largest absolute Gasteiger partial charge is 0.274 e. The van der Waals surface area contributed by atoms with E-state index in [4.69, 9.17) is 5.41 Å². The van der Waals surface area contributed by atoms with Gasteiger partial charge in [0.2, 0.25) is 5.97 Å². The molecule has 0 amide bonds. The molecule has 0 aromatic heterocycles. The van der Waals surface area contributed by atoms with Crippen LogP contribution >= 0.6 is 0 Å². The number of hydrogen-bond acceptors (Lipinski definition) is 2. The molecular weight excluding hydrogens is 95.1 g/mol. The highest BCUT2D eigenvalue weighted by atomic mass is 19.1. The summed E-state index contributed by atoms with van der Waals surface area (Å²) in [6, 6.07) is 0. The Balaban J connectivity index is 3.46. The van der Waals surface area contributed by atoms with E-state index in [1.807, 2.05) is 0 Å². The molecule has 2 nitrogen and oxygen atoms in total. The minimum Gasteiger partial charge on any atom is -0.274 e. The summed E-state index contributed by atoms with van der Waals surface area (Å²) in [5, 5.41) is 6.16. The second-order valence-corrected chi connectivity index (χ2v) is 0.846. The van der Waals surface area contributed by atoms with Crippen molar-refractivity contribution < 1.29 is 4.39 Å². The number of allylic oxidation sites excluding steroid dienone is 1. The topological polar surface area (TPSA) is 36.2 Å². The number of rotatable bonds is 2. The Morgan fingerprint density at radius 2 is 2.43 bits per heavy atom. The first-order valence-corrected chi connectivity index (χ1v) is 1.64. The van der Waals surface area contributed by atoms with Crippen LogP contribution in [-0.2, 0) is 0 Å². The van der Waals surface area contributed by atoms with Crippen LogP contribution in [0.1, 0.15) is 0 Å². The van der Waals surface area contributed by atoms with E-state index in [1.54, 1.807) is 0 Å². The predicted octanol–water partition coefficient (Wildman–Crippen LogP) is 1.15. The standard InChI is InChI=1S/C4H5FN2/c1-7-3-2-4(5)6/h2-3,6H,1H2/b3-2-,6-4?. The summed E-state index contributed by atoms with van der Waals surface area (Å²) in [6.07, 6.45) is 2.02. The van der Waals surface area contributed by atoms with E-state index in [2.05, 4.69) is 11.7 Å². The van der Waals surface area contributed by atoms with Crippen molar-refractivity contribution in [3.05, 3.63) is 12.3 Å². The van der Waals surface area contributed by atoms with Gasteiger partial charge in [0.05, 0.1) is 0 Å². The molecule has 0 saturated carbocycles. The van der Waals surface area contributed by atoms with E-state index >= 15 is 0 Å². The molecule has 0 radical (unpaired) electrons. The van der Waals surface area contributed by atoms with Gasteiger partial charge in [0.1, 0.15) is 0 Å². The van der Waals surface area contributed by atoms with Gasteiger partial charge in [-0.3, -0.25) is 10.4 Å². The Morgan fingerprint density at radius 1 is 1.86 bits per heavy atom. The summed E-state index contributed by atoms with van der Waals surface area (Å²) in [4.78, 5) is 3.16. The van der Waals surface area contributed by atoms with Crippen LogP contribution in [0.15, 0.2) is 17.3 Å². The van der Waals surface area contributed by atoms with Gasteiger partial charge in [-0.25, -0.2) is 0 Å². The summed E-state index contributed by atoms with van der Waals surface area (Å²) in [6.45, 7) is 3.03. The molecule has 0 aliphatic rings. The second kappa shape index (κ2) is 3.21. The third kappa shape index (κ3) is 5.01. The minimum atomic E-state index is -1.01. The smallest absolute Gasteiger partial charge is 0.207 e. The van der Waals surface area contributed by atoms with Crippen molar-refractivity contribution in [1.29, 1.82) is 5.41 Å². The molecule has 0 bridgehead atoms. The molecule has 7 heavy (non-hydrogen) atoms. The Bertz CT molecular complexity index is 106. The third-order valence-electron chi connectivity index (χ3n) is 0.326. The van der Waals surface area contributed by atoms with Gasteiger partial charge in [-0.05, 0) is 6.72 Å². The van der Waals surface area contributed by atoms with Crippen LogP contribution in [0.4, 0.5) is 4.39 Å². The highest BCUT2D eigenvalue weighted by Crippen LogP contribution is 1.76. The highest BCUT2D eigenvalue weighted by Gasteiger charge is 1.75. The van der Waals surface area contributed by atoms with Crippen molar-refractivity contribution in [3.8, 4) is 0 Å². The monoisotopic (exact) mass is 100 g/mol. The Labute approximate surface area is 40.9 Å². The predicted molar refractivity (Wildman–Crippen MR) is 27.5 cm³/mol. The van der Waals surface area contributed by atoms with Gasteiger partial charge in [0, 0.05) is 12.3 Å². The second-order valence-electron chi connectivity index (χ2n) is 0.846. The molecule has 0 atom stereocenters. The van der Waals surface area contributed by atoms with E-state index in [1.165, 1.54) is 0 Å². The van der Waals surface area contributed by atoms with Crippen LogP contribution in [0.25, 0.3) is 0 Å². The Kier molecular flexibility index (Phi) is 2.76. The molecule has 0 spiro atoms. The lowest BCUT2D eigenvalue weighted by molar-refractivity contribution is 0.803. The molecule has 0 aromatic carbocycles. The number of aliphatic imine (C=N–C) groups is 1. The van der Waals surface area contributed by atoms with Gasteiger partial charge >= 0.3 is 0 Å². The van der Waals surface area contributed by atoms with Crippen LogP contribution < -0.4 is 0 Å². The molecule has 0 unspecified atom stereocenters. The quantitative estimate of drug-likeness (QED) is 0.505. The maximum absolute atomic E-state index is 11.3. The lowest BCUT2D eigenvalue weighted by Gasteiger charge is -1.70. The number of nitrogens with one attached hydrogen (secondary N) is 1. The van der Waals surface area contributed by atoms with Gasteiger partial charge in [0.15, 0.2) is 0 Å². The van der Waals surface area contributed by atoms with Crippen LogP contribution in [0.2, 0.25) is 0 Å². The average Bonchev–Trinajstić information content (AvgIpc) is 1.61. The molecule has 1 N–H and O–H groups in total. The van der Waals surface area contributed by atoms with Crippen LogP contribution in [0.3, 0.4) is 0 Å². The van der Waals surface area contributed by atoms with Crippen LogP contribution in [-0.4, -0.2) is 12.7 Å². The van der Waals surface area contributed by atoms with Gasteiger partial charge < -0.3 is 0 Å². The summed E-state index contributed by atoms with van der Waals surface area (Å²) in [5.41, 5.74) is 0. The molecule has 0 aromatic rings. The first kappa shape index (κ1) is 6.01. The zero-order valence-electron chi connectivity index (χ0n) is 3.69. The maximum Gasteiger partial charge on any atom is 0.207 e. The van der Waals surface area contributed by atoms with E-state index in [-0.39, 0.29) is 0 Å². The van der Waals surface area contributed by atoms with Crippen molar-refractivity contribution in [1.82, 2.24) is 0 Å². The summed E-state index contributed by atoms with van der Waals surface area (Å²) in [7, 11) is 0. The van der Waals surface area contributed by atoms with Crippen molar-refractivity contribution in [2.24, 2.45) is 4.99 Å². The molecule has 0 fully saturated rings. The van der Waals surface area contributed by atoms with Crippen molar-refractivity contribution >= 4 is 12.7 Å². The zero-order chi connectivity index (χ0) is 5.70. The van der Waals surface area contributed by atoms with Gasteiger partial charge in [-0.1, -0.05) is 0 Å². The summed E-state index contributed by atoms with van der Waals surface area (Å²) >= 11 is 0. The Morgan fingerprint density at radius 3 is 2.57 bits per heavy atom. The number of halogens is 1. The van der Waals surface area contributed by atoms with Crippen LogP contribution in [0.5, 0.6) is 0 Å². The minimum absolute atomic E-state index is 0.910. The summed E-state index contributed by atoms with van der Waals surface area (Å²) < 4.78 is 11.3. The van der Waals surface area contributed by atoms with Crippen LogP contribution in [0, 0.1) is 5.41 Å². The number of hydrogen-bond donors (Lipinski definition) is 1. The molecule has 0 rings (SSSR count). The molecule has 3 heteroatoms. The molecule has 38 valence electrons. The van der Waals surface area contributed by atoms with Crippen molar-refractivity contribution in [2.75, 3.05) is 0 Å². The van der Waals surface area contributed by atoms with E-state index in [0.29, 0.717) is 0 Å². The molecular formula is C4H5FN2. The normalized spacial score (nSPS) is 9.29. The van der Waals surface area contributed by atoms with E-state index in [0.717, 1.165) is 12.3 Å². The molecule has 0 saturated heterocycles. The van der Waals surface area contributed by atoms with E-state index in [9.17, 15) is 4.39 Å². The molecule has 0 aliphatic heterocycles. The van der Waals surface area contributed by atoms with Gasteiger partial charge in [-0.2, -0.15) is 4.39 Å². The SMILES string of the molecule is C=N/C=C\C(=N)F. The van der Waals surface area contributed by atoms with E-state index < -0.39 is 5.97 Å². The fourth-order valence-corrected chi connectivity index (χ4v) is 0.118. The third-order valence-corrected chi connectivity index (χ3v) is 0.326. The number of nitrogens with zero attached hydrogens (tertiary/aromatic N) is 1. The fourth-order valence-electron chi connectivity index (χ4n) is 0.118. The first-order chi connectivity index (χ1) is 3.27. The lowest BCUT2D eigenvalue weighted by Crippen LogP contribution is -1.71.